The number of aromatic amines is 1. The summed E-state index contributed by atoms with van der Waals surface area (Å²) < 4.78 is 40.3. The van der Waals surface area contributed by atoms with Gasteiger partial charge in [0.2, 0.25) is 0 Å². The van der Waals surface area contributed by atoms with Crippen molar-refractivity contribution in [3.8, 4) is 0 Å². The topological polar surface area (TPSA) is 37.8 Å². The molecule has 0 aliphatic heterocycles. The van der Waals surface area contributed by atoms with Crippen molar-refractivity contribution in [1.29, 1.82) is 0 Å². The summed E-state index contributed by atoms with van der Waals surface area (Å²) in [6.07, 6.45) is 2.20. The maximum atomic E-state index is 13.9. The Morgan fingerprint density at radius 1 is 1.47 bits per heavy atom. The Morgan fingerprint density at radius 3 is 2.79 bits per heavy atom. The standard InChI is InChI=1S/C12H14F2N2OS2/c1-7(5-6-19(2)17)16-11-9(15-12(16)18)4-3-8(13)10(11)14/h3-4,7H,5-6H2,1-2H3,(H,15,18). The van der Waals surface area contributed by atoms with Gasteiger partial charge in [0.25, 0.3) is 0 Å². The molecule has 1 aromatic heterocycles. The Labute approximate surface area is 117 Å². The Balaban J connectivity index is 2.53. The minimum Gasteiger partial charge on any atom is -0.330 e. The molecule has 0 aliphatic rings. The summed E-state index contributed by atoms with van der Waals surface area (Å²) in [6.45, 7) is 1.85. The predicted octanol–water partition coefficient (Wildman–Crippen LogP) is 3.31. The van der Waals surface area contributed by atoms with Crippen LogP contribution in [-0.4, -0.2) is 25.8 Å². The molecule has 19 heavy (non-hydrogen) atoms. The van der Waals surface area contributed by atoms with Crippen LogP contribution in [0, 0.1) is 16.4 Å². The molecule has 3 nitrogen and oxygen atoms in total. The molecule has 0 spiro atoms. The summed E-state index contributed by atoms with van der Waals surface area (Å²) >= 11 is 5.15. The van der Waals surface area contributed by atoms with E-state index in [1.54, 1.807) is 10.8 Å². The van der Waals surface area contributed by atoms with Crippen LogP contribution in [0.4, 0.5) is 8.78 Å². The van der Waals surface area contributed by atoms with E-state index < -0.39 is 22.4 Å². The zero-order valence-electron chi connectivity index (χ0n) is 10.6. The van der Waals surface area contributed by atoms with Crippen molar-refractivity contribution in [2.45, 2.75) is 19.4 Å². The zero-order valence-corrected chi connectivity index (χ0v) is 12.2. The number of hydrogen-bond acceptors (Lipinski definition) is 2. The maximum absolute atomic E-state index is 13.9. The molecule has 0 radical (unpaired) electrons. The van der Waals surface area contributed by atoms with Crippen molar-refractivity contribution >= 4 is 34.1 Å². The second kappa shape index (κ2) is 5.50. The first kappa shape index (κ1) is 14.3. The van der Waals surface area contributed by atoms with E-state index in [4.69, 9.17) is 12.2 Å². The van der Waals surface area contributed by atoms with E-state index >= 15 is 0 Å². The molecule has 0 aliphatic carbocycles. The van der Waals surface area contributed by atoms with Gasteiger partial charge in [-0.2, -0.15) is 0 Å². The third-order valence-corrected chi connectivity index (χ3v) is 4.14. The third kappa shape index (κ3) is 2.76. The number of rotatable bonds is 4. The van der Waals surface area contributed by atoms with Crippen molar-refractivity contribution < 1.29 is 13.0 Å². The van der Waals surface area contributed by atoms with Crippen LogP contribution < -0.4 is 0 Å². The zero-order chi connectivity index (χ0) is 14.2. The molecular formula is C12H14F2N2OS2. The number of imidazole rings is 1. The molecule has 2 unspecified atom stereocenters. The van der Waals surface area contributed by atoms with Gasteiger partial charge < -0.3 is 9.55 Å². The number of H-pyrrole nitrogens is 1. The first-order valence-electron chi connectivity index (χ1n) is 5.80. The van der Waals surface area contributed by atoms with Crippen LogP contribution in [0.1, 0.15) is 19.4 Å². The minimum absolute atomic E-state index is 0.138. The highest BCUT2D eigenvalue weighted by Crippen LogP contribution is 2.25. The molecule has 1 heterocycles. The van der Waals surface area contributed by atoms with Gasteiger partial charge in [-0.05, 0) is 37.7 Å². The van der Waals surface area contributed by atoms with Crippen LogP contribution in [0.3, 0.4) is 0 Å². The third-order valence-electron chi connectivity index (χ3n) is 3.03. The SMILES string of the molecule is CC(CCS(C)=O)n1c(=S)[nH]c2ccc(F)c(F)c21. The molecule has 0 saturated heterocycles. The number of halogens is 2. The molecule has 2 rings (SSSR count). The summed E-state index contributed by atoms with van der Waals surface area (Å²) in [7, 11) is -0.923. The van der Waals surface area contributed by atoms with Crippen molar-refractivity contribution in [2.75, 3.05) is 12.0 Å². The van der Waals surface area contributed by atoms with E-state index in [-0.39, 0.29) is 11.6 Å². The molecule has 1 N–H and O–H groups in total. The van der Waals surface area contributed by atoms with Crippen molar-refractivity contribution in [1.82, 2.24) is 9.55 Å². The van der Waals surface area contributed by atoms with Gasteiger partial charge >= 0.3 is 0 Å². The maximum Gasteiger partial charge on any atom is 0.184 e. The van der Waals surface area contributed by atoms with Crippen LogP contribution in [0.15, 0.2) is 12.1 Å². The van der Waals surface area contributed by atoms with E-state index in [9.17, 15) is 13.0 Å². The fourth-order valence-corrected chi connectivity index (χ4v) is 3.09. The second-order valence-corrected chi connectivity index (χ2v) is 6.41. The molecule has 0 fully saturated rings. The summed E-state index contributed by atoms with van der Waals surface area (Å²) in [6, 6.07) is 2.38. The van der Waals surface area contributed by atoms with Crippen LogP contribution in [0.5, 0.6) is 0 Å². The summed E-state index contributed by atoms with van der Waals surface area (Å²) in [4.78, 5) is 2.86. The number of aromatic nitrogens is 2. The number of nitrogens with one attached hydrogen (secondary N) is 1. The molecule has 7 heteroatoms. The number of fused-ring (bicyclic) bond motifs is 1. The smallest absolute Gasteiger partial charge is 0.184 e. The van der Waals surface area contributed by atoms with Gasteiger partial charge in [-0.1, -0.05) is 0 Å². The second-order valence-electron chi connectivity index (χ2n) is 4.47. The predicted molar refractivity (Wildman–Crippen MR) is 75.3 cm³/mol. The lowest BCUT2D eigenvalue weighted by atomic mass is 10.2. The van der Waals surface area contributed by atoms with E-state index in [1.165, 1.54) is 6.07 Å². The number of hydrogen-bond donors (Lipinski definition) is 1. The van der Waals surface area contributed by atoms with Crippen molar-refractivity contribution in [3.63, 3.8) is 0 Å². The van der Waals surface area contributed by atoms with Gasteiger partial charge in [-0.25, -0.2) is 8.78 Å². The van der Waals surface area contributed by atoms with E-state index in [1.807, 2.05) is 6.92 Å². The highest BCUT2D eigenvalue weighted by molar-refractivity contribution is 7.84. The fraction of sp³-hybridized carbons (Fsp3) is 0.417. The normalized spacial score (nSPS) is 14.7. The highest BCUT2D eigenvalue weighted by Gasteiger charge is 2.17. The van der Waals surface area contributed by atoms with Crippen molar-refractivity contribution in [3.05, 3.63) is 28.5 Å². The lowest BCUT2D eigenvalue weighted by Gasteiger charge is -2.14. The van der Waals surface area contributed by atoms with Crippen LogP contribution in [0.2, 0.25) is 0 Å². The molecule has 1 aromatic carbocycles. The van der Waals surface area contributed by atoms with Gasteiger partial charge in [-0.3, -0.25) is 4.21 Å². The molecule has 0 bridgehead atoms. The summed E-state index contributed by atoms with van der Waals surface area (Å²) in [5.74, 6) is -1.32. The highest BCUT2D eigenvalue weighted by atomic mass is 32.2. The van der Waals surface area contributed by atoms with Crippen LogP contribution in [0.25, 0.3) is 11.0 Å². The van der Waals surface area contributed by atoms with Gasteiger partial charge in [-0.15, -0.1) is 0 Å². The lowest BCUT2D eigenvalue weighted by Crippen LogP contribution is -2.10. The molecule has 104 valence electrons. The largest absolute Gasteiger partial charge is 0.330 e. The van der Waals surface area contributed by atoms with Gasteiger partial charge in [0.1, 0.15) is 5.52 Å². The average molecular weight is 304 g/mol. The van der Waals surface area contributed by atoms with Gasteiger partial charge in [0.15, 0.2) is 16.4 Å². The molecule has 2 aromatic rings. The van der Waals surface area contributed by atoms with Gasteiger partial charge in [0.05, 0.1) is 5.52 Å². The Hall–Kier alpha value is -1.08. The average Bonchev–Trinajstić information content (AvgIpc) is 2.68. The molecule has 0 saturated carbocycles. The van der Waals surface area contributed by atoms with E-state index in [0.29, 0.717) is 22.5 Å². The molecule has 2 atom stereocenters. The number of benzene rings is 1. The fourth-order valence-electron chi connectivity index (χ4n) is 2.04. The summed E-state index contributed by atoms with van der Waals surface area (Å²) in [5.41, 5.74) is 0.604. The lowest BCUT2D eigenvalue weighted by molar-refractivity contribution is 0.495. The number of nitrogens with zero attached hydrogens (tertiary/aromatic N) is 1. The summed E-state index contributed by atoms with van der Waals surface area (Å²) in [5, 5.41) is 0. The quantitative estimate of drug-likeness (QED) is 0.880. The monoisotopic (exact) mass is 304 g/mol. The molecule has 0 amide bonds. The Morgan fingerprint density at radius 2 is 2.16 bits per heavy atom. The van der Waals surface area contributed by atoms with Crippen LogP contribution >= 0.6 is 12.2 Å². The van der Waals surface area contributed by atoms with E-state index in [2.05, 4.69) is 4.98 Å². The molecular weight excluding hydrogens is 290 g/mol. The minimum atomic E-state index is -0.923. The first-order chi connectivity index (χ1) is 8.91. The first-order valence-corrected chi connectivity index (χ1v) is 7.93. The Kier molecular flexibility index (Phi) is 4.15. The Bertz CT molecular complexity index is 693. The van der Waals surface area contributed by atoms with Crippen molar-refractivity contribution in [2.24, 2.45) is 0 Å². The van der Waals surface area contributed by atoms with Gasteiger partial charge in [0, 0.05) is 28.9 Å². The van der Waals surface area contributed by atoms with E-state index in [0.717, 1.165) is 6.07 Å². The van der Waals surface area contributed by atoms with Crippen LogP contribution in [-0.2, 0) is 10.8 Å².